The van der Waals surface area contributed by atoms with Crippen molar-refractivity contribution in [1.82, 2.24) is 9.80 Å². The molecule has 4 aliphatic rings. The number of rotatable bonds is 10. The van der Waals surface area contributed by atoms with Crippen molar-refractivity contribution < 1.29 is 4.79 Å². The lowest BCUT2D eigenvalue weighted by atomic mass is 9.49. The number of hydrogen-bond acceptors (Lipinski definition) is 2. The molecule has 28 heavy (non-hydrogen) atoms. The minimum atomic E-state index is 0.389. The van der Waals surface area contributed by atoms with Crippen LogP contribution in [0.3, 0.4) is 0 Å². The summed E-state index contributed by atoms with van der Waals surface area (Å²) in [4.78, 5) is 17.9. The molecule has 3 atom stereocenters. The smallest absolute Gasteiger partial charge is 0.222 e. The molecule has 0 aromatic heterocycles. The quantitative estimate of drug-likeness (QED) is 0.356. The molecule has 1 heterocycles. The van der Waals surface area contributed by atoms with Crippen molar-refractivity contribution in [3.8, 4) is 0 Å². The number of piperidine rings is 1. The highest BCUT2D eigenvalue weighted by atomic mass is 16.2. The number of carbonyl (C=O) groups is 1. The van der Waals surface area contributed by atoms with Gasteiger partial charge in [0, 0.05) is 32.1 Å². The van der Waals surface area contributed by atoms with Crippen LogP contribution in [-0.4, -0.2) is 47.9 Å². The Morgan fingerprint density at radius 3 is 2.75 bits per heavy atom. The van der Waals surface area contributed by atoms with Gasteiger partial charge in [0.25, 0.3) is 0 Å². The summed E-state index contributed by atoms with van der Waals surface area (Å²) in [5.41, 5.74) is 2.01. The maximum absolute atomic E-state index is 13.0. The standard InChI is InChI=1S/C25H44N2O/c1-5-6-7-12-24(28)27(17-10-16-26-15-9-8-11-20(26)2)19-21-13-14-22-18-23(21)25(22,3)4/h13,20,22-23H,5-12,14-19H2,1-4H3. The Morgan fingerprint density at radius 2 is 2.07 bits per heavy atom. The Balaban J connectivity index is 1.55. The van der Waals surface area contributed by atoms with Gasteiger partial charge in [0.2, 0.25) is 5.91 Å². The molecule has 2 bridgehead atoms. The van der Waals surface area contributed by atoms with Gasteiger partial charge in [0.05, 0.1) is 0 Å². The fourth-order valence-corrected chi connectivity index (χ4v) is 5.81. The number of amides is 1. The van der Waals surface area contributed by atoms with E-state index in [0.717, 1.165) is 50.9 Å². The van der Waals surface area contributed by atoms with E-state index in [4.69, 9.17) is 0 Å². The third-order valence-corrected chi connectivity index (χ3v) is 8.12. The summed E-state index contributed by atoms with van der Waals surface area (Å²) in [5, 5.41) is 0. The van der Waals surface area contributed by atoms with Crippen LogP contribution >= 0.6 is 0 Å². The predicted molar refractivity (Wildman–Crippen MR) is 118 cm³/mol. The van der Waals surface area contributed by atoms with Crippen LogP contribution in [0.1, 0.15) is 91.9 Å². The molecule has 4 rings (SSSR count). The van der Waals surface area contributed by atoms with Crippen molar-refractivity contribution in [2.24, 2.45) is 17.3 Å². The first-order chi connectivity index (χ1) is 13.4. The molecule has 3 nitrogen and oxygen atoms in total. The van der Waals surface area contributed by atoms with E-state index in [9.17, 15) is 4.79 Å². The van der Waals surface area contributed by atoms with Crippen LogP contribution in [0.5, 0.6) is 0 Å². The second-order valence-electron chi connectivity index (χ2n) is 10.3. The second kappa shape index (κ2) is 9.78. The average molecular weight is 389 g/mol. The highest BCUT2D eigenvalue weighted by Crippen LogP contribution is 2.59. The molecule has 0 N–H and O–H groups in total. The van der Waals surface area contributed by atoms with Gasteiger partial charge in [-0.15, -0.1) is 0 Å². The van der Waals surface area contributed by atoms with Crippen LogP contribution in [0.15, 0.2) is 11.6 Å². The number of likely N-dealkylation sites (tertiary alicyclic amines) is 1. The van der Waals surface area contributed by atoms with Gasteiger partial charge in [-0.3, -0.25) is 4.79 Å². The van der Waals surface area contributed by atoms with E-state index in [-0.39, 0.29) is 0 Å². The maximum Gasteiger partial charge on any atom is 0.222 e. The molecule has 3 heteroatoms. The van der Waals surface area contributed by atoms with E-state index < -0.39 is 0 Å². The zero-order valence-electron chi connectivity index (χ0n) is 19.0. The molecule has 3 aliphatic carbocycles. The van der Waals surface area contributed by atoms with E-state index >= 15 is 0 Å². The van der Waals surface area contributed by atoms with E-state index in [1.807, 2.05) is 0 Å². The third kappa shape index (κ3) is 5.01. The molecular formula is C25H44N2O. The molecule has 1 amide bonds. The Bertz CT molecular complexity index is 553. The maximum atomic E-state index is 13.0. The van der Waals surface area contributed by atoms with Crippen molar-refractivity contribution in [2.75, 3.05) is 26.2 Å². The largest absolute Gasteiger partial charge is 0.339 e. The fourth-order valence-electron chi connectivity index (χ4n) is 5.81. The van der Waals surface area contributed by atoms with Crippen LogP contribution in [0, 0.1) is 17.3 Å². The Hall–Kier alpha value is -0.830. The fraction of sp³-hybridized carbons (Fsp3) is 0.880. The molecule has 0 aromatic rings. The Labute approximate surface area is 173 Å². The van der Waals surface area contributed by atoms with Gasteiger partial charge in [0.15, 0.2) is 0 Å². The van der Waals surface area contributed by atoms with Crippen molar-refractivity contribution in [1.29, 1.82) is 0 Å². The highest BCUT2D eigenvalue weighted by molar-refractivity contribution is 5.76. The summed E-state index contributed by atoms with van der Waals surface area (Å²) in [6.07, 6.45) is 14.4. The summed E-state index contributed by atoms with van der Waals surface area (Å²) < 4.78 is 0. The van der Waals surface area contributed by atoms with E-state index in [1.165, 1.54) is 51.5 Å². The van der Waals surface area contributed by atoms with E-state index in [1.54, 1.807) is 5.57 Å². The van der Waals surface area contributed by atoms with Gasteiger partial charge >= 0.3 is 0 Å². The first kappa shape index (κ1) is 21.9. The van der Waals surface area contributed by atoms with Gasteiger partial charge in [-0.25, -0.2) is 0 Å². The van der Waals surface area contributed by atoms with E-state index in [0.29, 0.717) is 17.2 Å². The average Bonchev–Trinajstić information content (AvgIpc) is 2.68. The first-order valence-corrected chi connectivity index (χ1v) is 12.1. The number of allylic oxidation sites excluding steroid dienone is 1. The summed E-state index contributed by atoms with van der Waals surface area (Å²) in [7, 11) is 0. The Morgan fingerprint density at radius 1 is 1.25 bits per heavy atom. The summed E-state index contributed by atoms with van der Waals surface area (Å²) in [6.45, 7) is 13.7. The second-order valence-corrected chi connectivity index (χ2v) is 10.3. The first-order valence-electron chi connectivity index (χ1n) is 12.1. The number of fused-ring (bicyclic) bond motifs is 1. The highest BCUT2D eigenvalue weighted by Gasteiger charge is 2.51. The van der Waals surface area contributed by atoms with Crippen molar-refractivity contribution in [3.63, 3.8) is 0 Å². The van der Waals surface area contributed by atoms with Gasteiger partial charge < -0.3 is 9.80 Å². The summed E-state index contributed by atoms with van der Waals surface area (Å²) in [6, 6.07) is 0.719. The topological polar surface area (TPSA) is 23.6 Å². The van der Waals surface area contributed by atoms with Crippen molar-refractivity contribution >= 4 is 5.91 Å². The number of hydrogen-bond donors (Lipinski definition) is 0. The van der Waals surface area contributed by atoms with Gasteiger partial charge in [-0.2, -0.15) is 0 Å². The predicted octanol–water partition coefficient (Wildman–Crippen LogP) is 5.65. The molecule has 0 radical (unpaired) electrons. The minimum absolute atomic E-state index is 0.389. The van der Waals surface area contributed by atoms with Crippen LogP contribution < -0.4 is 0 Å². The van der Waals surface area contributed by atoms with E-state index in [2.05, 4.69) is 43.6 Å². The molecule has 1 saturated heterocycles. The lowest BCUT2D eigenvalue weighted by Crippen LogP contribution is -2.50. The number of nitrogens with zero attached hydrogens (tertiary/aromatic N) is 2. The van der Waals surface area contributed by atoms with Crippen LogP contribution in [0.4, 0.5) is 0 Å². The normalized spacial score (nSPS) is 29.1. The molecule has 0 spiro atoms. The minimum Gasteiger partial charge on any atom is -0.339 e. The molecule has 160 valence electrons. The number of unbranched alkanes of at least 4 members (excludes halogenated alkanes) is 2. The summed E-state index contributed by atoms with van der Waals surface area (Å²) >= 11 is 0. The molecule has 0 aromatic carbocycles. The lowest BCUT2D eigenvalue weighted by Gasteiger charge is -2.57. The van der Waals surface area contributed by atoms with Crippen molar-refractivity contribution in [3.05, 3.63) is 11.6 Å². The summed E-state index contributed by atoms with van der Waals surface area (Å²) in [5.74, 6) is 1.97. The SMILES string of the molecule is CCCCCC(=O)N(CCCN1CCCCC1C)CC1=CCC2CC1C2(C)C. The Kier molecular flexibility index (Phi) is 7.64. The third-order valence-electron chi connectivity index (χ3n) is 8.12. The van der Waals surface area contributed by atoms with Gasteiger partial charge in [0.1, 0.15) is 0 Å². The number of carbonyl (C=O) groups excluding carboxylic acids is 1. The zero-order chi connectivity index (χ0) is 20.1. The van der Waals surface area contributed by atoms with Gasteiger partial charge in [-0.1, -0.05) is 51.7 Å². The van der Waals surface area contributed by atoms with Crippen LogP contribution in [0.25, 0.3) is 0 Å². The van der Waals surface area contributed by atoms with Crippen LogP contribution in [0.2, 0.25) is 0 Å². The molecule has 3 unspecified atom stereocenters. The molecule has 1 saturated carbocycles. The van der Waals surface area contributed by atoms with Gasteiger partial charge in [-0.05, 0) is 69.2 Å². The zero-order valence-corrected chi connectivity index (χ0v) is 19.0. The monoisotopic (exact) mass is 388 g/mol. The molecular weight excluding hydrogens is 344 g/mol. The lowest BCUT2D eigenvalue weighted by molar-refractivity contribution is -0.131. The molecule has 1 aliphatic heterocycles. The van der Waals surface area contributed by atoms with Crippen molar-refractivity contribution in [2.45, 2.75) is 97.9 Å². The van der Waals surface area contributed by atoms with Crippen LogP contribution in [-0.2, 0) is 4.79 Å². The molecule has 2 fully saturated rings.